The van der Waals surface area contributed by atoms with Crippen LogP contribution in [0.2, 0.25) is 0 Å². The maximum atomic E-state index is 3.71. The fourth-order valence-electron chi connectivity index (χ4n) is 6.11. The number of hydrogen-bond acceptors (Lipinski definition) is 8. The predicted octanol–water partition coefficient (Wildman–Crippen LogP) is 4.83. The fourth-order valence-corrected chi connectivity index (χ4v) is 6.11. The molecule has 8 heteroatoms. The van der Waals surface area contributed by atoms with Gasteiger partial charge in [-0.1, -0.05) is 98.8 Å². The van der Waals surface area contributed by atoms with Crippen molar-refractivity contribution in [3.05, 3.63) is 107 Å². The standard InChI is InChI=1S/C42H70N8/c1-3-43-23-11-29-49(30-12-24-44-4-2)33-27-47-37-41-19-21-42(22-20-41)38-48-28-34-50(31-13-25-45-35-39-15-7-5-8-16-39)32-14-26-46-36-40-17-9-6-10-18-40/h5-10,15-22,43-48H,3-4,11-14,23-38H2,1-2H3. The van der Waals surface area contributed by atoms with E-state index >= 15 is 0 Å². The van der Waals surface area contributed by atoms with Crippen LogP contribution in [0.4, 0.5) is 0 Å². The molecule has 8 nitrogen and oxygen atoms in total. The van der Waals surface area contributed by atoms with Gasteiger partial charge in [0.2, 0.25) is 0 Å². The van der Waals surface area contributed by atoms with Crippen LogP contribution in [0, 0.1) is 0 Å². The lowest BCUT2D eigenvalue weighted by Gasteiger charge is -2.23. The summed E-state index contributed by atoms with van der Waals surface area (Å²) in [6.45, 7) is 23.2. The van der Waals surface area contributed by atoms with E-state index in [0.717, 1.165) is 131 Å². The second-order valence-corrected chi connectivity index (χ2v) is 13.3. The molecule has 0 heterocycles. The van der Waals surface area contributed by atoms with Crippen LogP contribution in [0.1, 0.15) is 61.8 Å². The topological polar surface area (TPSA) is 78.7 Å². The van der Waals surface area contributed by atoms with Crippen LogP contribution in [-0.4, -0.2) is 101 Å². The zero-order valence-electron chi connectivity index (χ0n) is 31.5. The summed E-state index contributed by atoms with van der Waals surface area (Å²) >= 11 is 0. The van der Waals surface area contributed by atoms with Crippen LogP contribution in [-0.2, 0) is 26.2 Å². The third kappa shape index (κ3) is 20.9. The van der Waals surface area contributed by atoms with Crippen LogP contribution in [0.3, 0.4) is 0 Å². The van der Waals surface area contributed by atoms with Crippen LogP contribution in [0.15, 0.2) is 84.9 Å². The lowest BCUT2D eigenvalue weighted by atomic mass is 10.1. The van der Waals surface area contributed by atoms with Gasteiger partial charge in [0.15, 0.2) is 0 Å². The van der Waals surface area contributed by atoms with E-state index in [0.29, 0.717) is 0 Å². The molecule has 0 bridgehead atoms. The van der Waals surface area contributed by atoms with Gasteiger partial charge >= 0.3 is 0 Å². The Hall–Kier alpha value is -2.66. The number of hydrogen-bond donors (Lipinski definition) is 6. The Labute approximate surface area is 305 Å². The molecule has 0 fully saturated rings. The summed E-state index contributed by atoms with van der Waals surface area (Å²) in [7, 11) is 0. The first-order valence-corrected chi connectivity index (χ1v) is 19.6. The summed E-state index contributed by atoms with van der Waals surface area (Å²) in [5, 5.41) is 21.6. The Morgan fingerprint density at radius 2 is 0.640 bits per heavy atom. The number of rotatable bonds is 32. The van der Waals surface area contributed by atoms with Crippen molar-refractivity contribution >= 4 is 0 Å². The van der Waals surface area contributed by atoms with Crippen molar-refractivity contribution in [1.29, 1.82) is 0 Å². The van der Waals surface area contributed by atoms with Gasteiger partial charge in [-0.3, -0.25) is 0 Å². The van der Waals surface area contributed by atoms with Crippen molar-refractivity contribution in [3.63, 3.8) is 0 Å². The molecule has 278 valence electrons. The quantitative estimate of drug-likeness (QED) is 0.0522. The minimum absolute atomic E-state index is 0.910. The molecule has 0 amide bonds. The lowest BCUT2D eigenvalue weighted by molar-refractivity contribution is 0.264. The lowest BCUT2D eigenvalue weighted by Crippen LogP contribution is -2.35. The first kappa shape index (κ1) is 41.8. The third-order valence-corrected chi connectivity index (χ3v) is 9.05. The zero-order valence-corrected chi connectivity index (χ0v) is 31.5. The molecular formula is C42H70N8. The Bertz CT molecular complexity index is 1100. The van der Waals surface area contributed by atoms with E-state index in [1.54, 1.807) is 0 Å². The van der Waals surface area contributed by atoms with Crippen LogP contribution in [0.5, 0.6) is 0 Å². The van der Waals surface area contributed by atoms with Crippen LogP contribution < -0.4 is 31.9 Å². The minimum Gasteiger partial charge on any atom is -0.317 e. The van der Waals surface area contributed by atoms with Crippen molar-refractivity contribution in [1.82, 2.24) is 41.7 Å². The predicted molar refractivity (Wildman–Crippen MR) is 215 cm³/mol. The van der Waals surface area contributed by atoms with Gasteiger partial charge in [-0.25, -0.2) is 0 Å². The molecule has 0 aromatic heterocycles. The summed E-state index contributed by atoms with van der Waals surface area (Å²) in [6, 6.07) is 30.5. The van der Waals surface area contributed by atoms with Gasteiger partial charge in [0, 0.05) is 52.4 Å². The van der Waals surface area contributed by atoms with Crippen LogP contribution in [0.25, 0.3) is 0 Å². The summed E-state index contributed by atoms with van der Waals surface area (Å²) in [5.74, 6) is 0. The molecule has 0 atom stereocenters. The largest absolute Gasteiger partial charge is 0.317 e. The average Bonchev–Trinajstić information content (AvgIpc) is 3.15. The zero-order chi connectivity index (χ0) is 35.2. The second kappa shape index (κ2) is 29.0. The van der Waals surface area contributed by atoms with E-state index in [1.165, 1.54) is 35.1 Å². The number of benzene rings is 3. The maximum Gasteiger partial charge on any atom is 0.0206 e. The Morgan fingerprint density at radius 1 is 0.340 bits per heavy atom. The molecule has 0 saturated heterocycles. The van der Waals surface area contributed by atoms with E-state index in [1.807, 2.05) is 0 Å². The van der Waals surface area contributed by atoms with Gasteiger partial charge in [-0.15, -0.1) is 0 Å². The van der Waals surface area contributed by atoms with Crippen molar-refractivity contribution in [3.8, 4) is 0 Å². The molecule has 3 rings (SSSR count). The highest BCUT2D eigenvalue weighted by Crippen LogP contribution is 2.05. The molecular weight excluding hydrogens is 617 g/mol. The van der Waals surface area contributed by atoms with Gasteiger partial charge in [0.1, 0.15) is 0 Å². The van der Waals surface area contributed by atoms with Crippen molar-refractivity contribution in [2.24, 2.45) is 0 Å². The third-order valence-electron chi connectivity index (χ3n) is 9.05. The van der Waals surface area contributed by atoms with E-state index < -0.39 is 0 Å². The Kier molecular flexibility index (Phi) is 24.2. The molecule has 3 aromatic carbocycles. The fraction of sp³-hybridized carbons (Fsp3) is 0.571. The summed E-state index contributed by atoms with van der Waals surface area (Å²) in [4.78, 5) is 5.24. The molecule has 0 aliphatic carbocycles. The molecule has 0 aliphatic rings. The van der Waals surface area contributed by atoms with Crippen molar-refractivity contribution in [2.75, 3.05) is 91.6 Å². The summed E-state index contributed by atoms with van der Waals surface area (Å²) in [6.07, 6.45) is 4.74. The molecule has 0 radical (unpaired) electrons. The highest BCUT2D eigenvalue weighted by atomic mass is 15.1. The van der Waals surface area contributed by atoms with Gasteiger partial charge < -0.3 is 41.7 Å². The second-order valence-electron chi connectivity index (χ2n) is 13.3. The summed E-state index contributed by atoms with van der Waals surface area (Å²) in [5.41, 5.74) is 5.40. The van der Waals surface area contributed by atoms with Gasteiger partial charge in [-0.2, -0.15) is 0 Å². The van der Waals surface area contributed by atoms with E-state index in [9.17, 15) is 0 Å². The molecule has 0 saturated carbocycles. The monoisotopic (exact) mass is 687 g/mol. The Morgan fingerprint density at radius 3 is 0.980 bits per heavy atom. The molecule has 0 unspecified atom stereocenters. The van der Waals surface area contributed by atoms with Gasteiger partial charge in [0.25, 0.3) is 0 Å². The first-order valence-electron chi connectivity index (χ1n) is 19.6. The molecule has 0 aliphatic heterocycles. The smallest absolute Gasteiger partial charge is 0.0206 e. The molecule has 3 aromatic rings. The minimum atomic E-state index is 0.910. The Balaban J connectivity index is 1.32. The highest BCUT2D eigenvalue weighted by Gasteiger charge is 2.07. The van der Waals surface area contributed by atoms with Crippen molar-refractivity contribution in [2.45, 2.75) is 65.7 Å². The van der Waals surface area contributed by atoms with E-state index in [4.69, 9.17) is 0 Å². The normalized spacial score (nSPS) is 11.6. The number of nitrogens with zero attached hydrogens (tertiary/aromatic N) is 2. The molecule has 6 N–H and O–H groups in total. The van der Waals surface area contributed by atoms with E-state index in [-0.39, 0.29) is 0 Å². The number of nitrogens with one attached hydrogen (secondary N) is 6. The molecule has 0 spiro atoms. The molecule has 50 heavy (non-hydrogen) atoms. The van der Waals surface area contributed by atoms with Crippen molar-refractivity contribution < 1.29 is 0 Å². The first-order chi connectivity index (χ1) is 24.8. The SMILES string of the molecule is CCNCCCN(CCCNCC)CCNCc1ccc(CNCCN(CCCNCc2ccccc2)CCCNCc2ccccc2)cc1. The maximum absolute atomic E-state index is 3.71. The summed E-state index contributed by atoms with van der Waals surface area (Å²) < 4.78 is 0. The van der Waals surface area contributed by atoms with Gasteiger partial charge in [-0.05, 0) is 113 Å². The van der Waals surface area contributed by atoms with Crippen LogP contribution >= 0.6 is 0 Å². The van der Waals surface area contributed by atoms with Gasteiger partial charge in [0.05, 0.1) is 0 Å². The highest BCUT2D eigenvalue weighted by molar-refractivity contribution is 5.22. The average molecular weight is 687 g/mol. The van der Waals surface area contributed by atoms with E-state index in [2.05, 4.69) is 140 Å².